The summed E-state index contributed by atoms with van der Waals surface area (Å²) in [6, 6.07) is 11.2. The van der Waals surface area contributed by atoms with Crippen molar-refractivity contribution in [2.24, 2.45) is 0 Å². The molecule has 0 spiro atoms. The zero-order chi connectivity index (χ0) is 16.8. The monoisotopic (exact) mass is 347 g/mol. The van der Waals surface area contributed by atoms with Gasteiger partial charge in [0.05, 0.1) is 5.75 Å². The molecule has 132 valence electrons. The van der Waals surface area contributed by atoms with Crippen molar-refractivity contribution in [2.75, 3.05) is 39.0 Å². The van der Waals surface area contributed by atoms with E-state index in [-0.39, 0.29) is 5.91 Å². The average molecular weight is 348 g/mol. The molecule has 3 rings (SSSR count). The fraction of sp³-hybridized carbons (Fsp3) is 0.632. The van der Waals surface area contributed by atoms with Crippen molar-refractivity contribution in [1.29, 1.82) is 0 Å². The van der Waals surface area contributed by atoms with Crippen LogP contribution in [-0.2, 0) is 4.79 Å². The zero-order valence-corrected chi connectivity index (χ0v) is 15.4. The Bertz CT molecular complexity index is 517. The van der Waals surface area contributed by atoms with Gasteiger partial charge in [-0.05, 0) is 64.5 Å². The van der Waals surface area contributed by atoms with Crippen LogP contribution in [0.1, 0.15) is 25.7 Å². The number of hydrogen-bond acceptors (Lipinski definition) is 4. The Labute approximate surface area is 150 Å². The van der Waals surface area contributed by atoms with Crippen LogP contribution in [0.4, 0.5) is 0 Å². The van der Waals surface area contributed by atoms with E-state index in [4.69, 9.17) is 0 Å². The SMILES string of the molecule is CN1CCC(N2CCC[C@H](NC(=O)CSc3ccccc3)C2)CC1. The number of likely N-dealkylation sites (tertiary alicyclic amines) is 2. The van der Waals surface area contributed by atoms with Gasteiger partial charge < -0.3 is 10.2 Å². The highest BCUT2D eigenvalue weighted by molar-refractivity contribution is 8.00. The maximum atomic E-state index is 12.3. The molecule has 0 aromatic heterocycles. The van der Waals surface area contributed by atoms with E-state index in [1.54, 1.807) is 11.8 Å². The lowest BCUT2D eigenvalue weighted by Crippen LogP contribution is -2.53. The van der Waals surface area contributed by atoms with Crippen LogP contribution in [0.5, 0.6) is 0 Å². The highest BCUT2D eigenvalue weighted by Crippen LogP contribution is 2.21. The zero-order valence-electron chi connectivity index (χ0n) is 14.6. The van der Waals surface area contributed by atoms with Crippen molar-refractivity contribution in [3.63, 3.8) is 0 Å². The topological polar surface area (TPSA) is 35.6 Å². The molecule has 0 radical (unpaired) electrons. The molecule has 1 aromatic carbocycles. The number of nitrogens with zero attached hydrogens (tertiary/aromatic N) is 2. The third-order valence-electron chi connectivity index (χ3n) is 5.14. The van der Waals surface area contributed by atoms with Crippen LogP contribution in [-0.4, -0.2) is 66.8 Å². The Hall–Kier alpha value is -1.04. The third-order valence-corrected chi connectivity index (χ3v) is 6.15. The standard InChI is InChI=1S/C19H29N3OS/c1-21-12-9-17(10-13-21)22-11-5-6-16(14-22)20-19(23)15-24-18-7-3-2-4-8-18/h2-4,7-8,16-17H,5-6,9-15H2,1H3,(H,20,23)/t16-/m0/s1. The number of thioether (sulfide) groups is 1. The first kappa shape index (κ1) is 17.8. The number of nitrogens with one attached hydrogen (secondary N) is 1. The predicted molar refractivity (Wildman–Crippen MR) is 100 cm³/mol. The summed E-state index contributed by atoms with van der Waals surface area (Å²) < 4.78 is 0. The highest BCUT2D eigenvalue weighted by Gasteiger charge is 2.28. The summed E-state index contributed by atoms with van der Waals surface area (Å²) in [4.78, 5) is 18.4. The molecule has 2 aliphatic rings. The summed E-state index contributed by atoms with van der Waals surface area (Å²) in [5.41, 5.74) is 0. The molecule has 2 fully saturated rings. The second kappa shape index (κ2) is 8.88. The summed E-state index contributed by atoms with van der Waals surface area (Å²) in [5.74, 6) is 0.674. The van der Waals surface area contributed by atoms with E-state index in [1.165, 1.54) is 38.9 Å². The number of piperidine rings is 2. The van der Waals surface area contributed by atoms with Crippen LogP contribution in [0, 0.1) is 0 Å². The molecule has 1 aromatic rings. The quantitative estimate of drug-likeness (QED) is 0.830. The molecule has 0 bridgehead atoms. The van der Waals surface area contributed by atoms with E-state index in [2.05, 4.69) is 34.3 Å². The summed E-state index contributed by atoms with van der Waals surface area (Å²) in [5, 5.41) is 3.26. The lowest BCUT2D eigenvalue weighted by atomic mass is 9.98. The summed E-state index contributed by atoms with van der Waals surface area (Å²) in [6.07, 6.45) is 4.84. The normalized spacial score (nSPS) is 24.0. The van der Waals surface area contributed by atoms with Gasteiger partial charge in [-0.15, -0.1) is 11.8 Å². The van der Waals surface area contributed by atoms with Gasteiger partial charge in [-0.25, -0.2) is 0 Å². The van der Waals surface area contributed by atoms with Crippen molar-refractivity contribution < 1.29 is 4.79 Å². The summed E-state index contributed by atoms with van der Waals surface area (Å²) in [6.45, 7) is 4.62. The van der Waals surface area contributed by atoms with Crippen LogP contribution in [0.2, 0.25) is 0 Å². The van der Waals surface area contributed by atoms with Crippen LogP contribution < -0.4 is 5.32 Å². The maximum absolute atomic E-state index is 12.3. The second-order valence-corrected chi connectivity index (χ2v) is 8.09. The van der Waals surface area contributed by atoms with Crippen LogP contribution >= 0.6 is 11.8 Å². The molecular weight excluding hydrogens is 318 g/mol. The van der Waals surface area contributed by atoms with E-state index in [0.717, 1.165) is 17.9 Å². The number of carbonyl (C=O) groups excluding carboxylic acids is 1. The molecule has 2 aliphatic heterocycles. The fourth-order valence-corrected chi connectivity index (χ4v) is 4.48. The van der Waals surface area contributed by atoms with Crippen molar-refractivity contribution in [2.45, 2.75) is 42.7 Å². The van der Waals surface area contributed by atoms with Crippen molar-refractivity contribution in [1.82, 2.24) is 15.1 Å². The predicted octanol–water partition coefficient (Wildman–Crippen LogP) is 2.45. The van der Waals surface area contributed by atoms with Gasteiger partial charge in [0.15, 0.2) is 0 Å². The smallest absolute Gasteiger partial charge is 0.230 e. The first-order valence-corrected chi connectivity index (χ1v) is 10.1. The molecule has 2 heterocycles. The van der Waals surface area contributed by atoms with Crippen molar-refractivity contribution in [3.05, 3.63) is 30.3 Å². The lowest BCUT2D eigenvalue weighted by Gasteiger charge is -2.41. The minimum atomic E-state index is 0.166. The molecule has 0 unspecified atom stereocenters. The van der Waals surface area contributed by atoms with Crippen LogP contribution in [0.3, 0.4) is 0 Å². The molecule has 4 nitrogen and oxygen atoms in total. The highest BCUT2D eigenvalue weighted by atomic mass is 32.2. The first-order valence-electron chi connectivity index (χ1n) is 9.10. The van der Waals surface area contributed by atoms with E-state index in [1.807, 2.05) is 18.2 Å². The molecule has 5 heteroatoms. The van der Waals surface area contributed by atoms with Gasteiger partial charge >= 0.3 is 0 Å². The molecule has 0 aliphatic carbocycles. The molecule has 1 N–H and O–H groups in total. The molecule has 1 atom stereocenters. The number of hydrogen-bond donors (Lipinski definition) is 1. The van der Waals surface area contributed by atoms with Gasteiger partial charge in [-0.3, -0.25) is 9.69 Å². The summed E-state index contributed by atoms with van der Waals surface area (Å²) >= 11 is 1.62. The molecule has 0 saturated carbocycles. The van der Waals surface area contributed by atoms with Crippen molar-refractivity contribution in [3.8, 4) is 0 Å². The number of amides is 1. The van der Waals surface area contributed by atoms with Crippen molar-refractivity contribution >= 4 is 17.7 Å². The van der Waals surface area contributed by atoms with Gasteiger partial charge in [0.1, 0.15) is 0 Å². The average Bonchev–Trinajstić information content (AvgIpc) is 2.62. The van der Waals surface area contributed by atoms with Crippen LogP contribution in [0.25, 0.3) is 0 Å². The Morgan fingerprint density at radius 3 is 2.67 bits per heavy atom. The Morgan fingerprint density at radius 1 is 1.17 bits per heavy atom. The van der Waals surface area contributed by atoms with Gasteiger partial charge in [0.2, 0.25) is 5.91 Å². The van der Waals surface area contributed by atoms with E-state index in [0.29, 0.717) is 17.8 Å². The lowest BCUT2D eigenvalue weighted by molar-refractivity contribution is -0.119. The Kier molecular flexibility index (Phi) is 6.58. The van der Waals surface area contributed by atoms with E-state index >= 15 is 0 Å². The van der Waals surface area contributed by atoms with Gasteiger partial charge in [-0.1, -0.05) is 18.2 Å². The van der Waals surface area contributed by atoms with Gasteiger partial charge in [0, 0.05) is 23.5 Å². The summed E-state index contributed by atoms with van der Waals surface area (Å²) in [7, 11) is 2.21. The molecule has 1 amide bonds. The minimum Gasteiger partial charge on any atom is -0.351 e. The number of rotatable bonds is 5. The minimum absolute atomic E-state index is 0.166. The van der Waals surface area contributed by atoms with E-state index < -0.39 is 0 Å². The second-order valence-electron chi connectivity index (χ2n) is 7.04. The van der Waals surface area contributed by atoms with Crippen LogP contribution in [0.15, 0.2) is 35.2 Å². The maximum Gasteiger partial charge on any atom is 0.230 e. The first-order chi connectivity index (χ1) is 11.7. The number of carbonyl (C=O) groups is 1. The molecular formula is C19H29N3OS. The Balaban J connectivity index is 1.42. The van der Waals surface area contributed by atoms with Gasteiger partial charge in [0.25, 0.3) is 0 Å². The van der Waals surface area contributed by atoms with Gasteiger partial charge in [-0.2, -0.15) is 0 Å². The largest absolute Gasteiger partial charge is 0.351 e. The number of benzene rings is 1. The fourth-order valence-electron chi connectivity index (χ4n) is 3.75. The van der Waals surface area contributed by atoms with E-state index in [9.17, 15) is 4.79 Å². The third kappa shape index (κ3) is 5.23. The molecule has 2 saturated heterocycles. The Morgan fingerprint density at radius 2 is 1.92 bits per heavy atom. The molecule has 24 heavy (non-hydrogen) atoms.